The number of rotatable bonds is 2. The molecule has 4 rings (SSSR count). The molecule has 22 heavy (non-hydrogen) atoms. The molecule has 0 bridgehead atoms. The average molecular weight is 304 g/mol. The molecule has 0 spiro atoms. The first-order valence-corrected chi connectivity index (χ1v) is 7.84. The molecule has 0 aromatic carbocycles. The van der Waals surface area contributed by atoms with E-state index < -0.39 is 6.23 Å². The fourth-order valence-corrected chi connectivity index (χ4v) is 3.46. The van der Waals surface area contributed by atoms with E-state index in [2.05, 4.69) is 10.1 Å². The monoisotopic (exact) mass is 304 g/mol. The van der Waals surface area contributed by atoms with Gasteiger partial charge in [0.1, 0.15) is 11.9 Å². The van der Waals surface area contributed by atoms with Crippen LogP contribution in [-0.2, 0) is 17.7 Å². The van der Waals surface area contributed by atoms with Crippen LogP contribution in [0.3, 0.4) is 0 Å². The molecule has 7 heteroatoms. The number of aromatic nitrogens is 3. The van der Waals surface area contributed by atoms with E-state index >= 15 is 0 Å². The van der Waals surface area contributed by atoms with Gasteiger partial charge in [-0.15, -0.1) is 0 Å². The van der Waals surface area contributed by atoms with Crippen LogP contribution in [0, 0.1) is 0 Å². The van der Waals surface area contributed by atoms with Crippen molar-refractivity contribution in [3.8, 4) is 0 Å². The molecule has 0 radical (unpaired) electrons. The van der Waals surface area contributed by atoms with Crippen molar-refractivity contribution in [2.45, 2.75) is 45.0 Å². The first-order valence-electron chi connectivity index (χ1n) is 7.84. The molecular formula is C15H20N4O3. The summed E-state index contributed by atoms with van der Waals surface area (Å²) >= 11 is 0. The second-order valence-corrected chi connectivity index (χ2v) is 6.00. The van der Waals surface area contributed by atoms with Gasteiger partial charge in [-0.2, -0.15) is 9.61 Å². The van der Waals surface area contributed by atoms with Crippen LogP contribution in [0.2, 0.25) is 0 Å². The molecule has 2 N–H and O–H groups in total. The lowest BCUT2D eigenvalue weighted by molar-refractivity contribution is -0.0536. The van der Waals surface area contributed by atoms with Crippen molar-refractivity contribution < 1.29 is 9.84 Å². The molecule has 1 saturated heterocycles. The highest BCUT2D eigenvalue weighted by Crippen LogP contribution is 2.33. The van der Waals surface area contributed by atoms with Gasteiger partial charge in [-0.3, -0.25) is 9.69 Å². The van der Waals surface area contributed by atoms with Gasteiger partial charge in [-0.1, -0.05) is 6.92 Å². The summed E-state index contributed by atoms with van der Waals surface area (Å²) < 4.78 is 6.79. The van der Waals surface area contributed by atoms with Crippen molar-refractivity contribution in [1.29, 1.82) is 0 Å². The summed E-state index contributed by atoms with van der Waals surface area (Å²) in [5.41, 5.74) is 2.63. The maximum absolute atomic E-state index is 12.6. The van der Waals surface area contributed by atoms with Crippen molar-refractivity contribution >= 4 is 5.65 Å². The lowest BCUT2D eigenvalue weighted by Gasteiger charge is -2.32. The van der Waals surface area contributed by atoms with Gasteiger partial charge in [0.05, 0.1) is 17.0 Å². The van der Waals surface area contributed by atoms with Crippen LogP contribution in [0.4, 0.5) is 0 Å². The molecule has 0 aliphatic carbocycles. The van der Waals surface area contributed by atoms with Crippen LogP contribution < -0.4 is 5.56 Å². The Hall–Kier alpha value is -1.70. The second kappa shape index (κ2) is 5.19. The van der Waals surface area contributed by atoms with E-state index in [1.54, 1.807) is 0 Å². The topological polar surface area (TPSA) is 82.9 Å². The Morgan fingerprint density at radius 3 is 2.95 bits per heavy atom. The third kappa shape index (κ3) is 2.00. The van der Waals surface area contributed by atoms with Crippen LogP contribution in [0.15, 0.2) is 10.9 Å². The maximum Gasteiger partial charge on any atom is 0.279 e. The van der Waals surface area contributed by atoms with E-state index in [1.165, 1.54) is 4.52 Å². The van der Waals surface area contributed by atoms with Gasteiger partial charge in [0.25, 0.3) is 5.56 Å². The first-order chi connectivity index (χ1) is 10.7. The third-order valence-corrected chi connectivity index (χ3v) is 4.73. The van der Waals surface area contributed by atoms with Gasteiger partial charge in [-0.05, 0) is 19.3 Å². The zero-order valence-electron chi connectivity index (χ0n) is 12.6. The summed E-state index contributed by atoms with van der Waals surface area (Å²) in [4.78, 5) is 17.8. The van der Waals surface area contributed by atoms with E-state index in [1.807, 2.05) is 17.9 Å². The fourth-order valence-electron chi connectivity index (χ4n) is 3.46. The molecule has 0 amide bonds. The van der Waals surface area contributed by atoms with E-state index in [9.17, 15) is 9.90 Å². The van der Waals surface area contributed by atoms with Crippen LogP contribution in [0.5, 0.6) is 0 Å². The summed E-state index contributed by atoms with van der Waals surface area (Å²) in [7, 11) is 0. The Bertz CT molecular complexity index is 760. The number of aromatic amines is 1. The summed E-state index contributed by atoms with van der Waals surface area (Å²) in [5, 5.41) is 15.0. The molecule has 118 valence electrons. The lowest BCUT2D eigenvalue weighted by atomic mass is 10.1. The smallest absolute Gasteiger partial charge is 0.279 e. The largest absolute Gasteiger partial charge is 0.381 e. The Kier molecular flexibility index (Phi) is 3.28. The quantitative estimate of drug-likeness (QED) is 0.847. The molecule has 2 aromatic rings. The van der Waals surface area contributed by atoms with Gasteiger partial charge >= 0.3 is 0 Å². The number of nitrogens with zero attached hydrogens (tertiary/aromatic N) is 3. The zero-order chi connectivity index (χ0) is 15.3. The minimum Gasteiger partial charge on any atom is -0.381 e. The maximum atomic E-state index is 12.6. The van der Waals surface area contributed by atoms with Crippen molar-refractivity contribution in [3.05, 3.63) is 33.4 Å². The second-order valence-electron chi connectivity index (χ2n) is 6.00. The normalized spacial score (nSPS) is 23.3. The van der Waals surface area contributed by atoms with Gasteiger partial charge in [-0.25, -0.2) is 0 Å². The summed E-state index contributed by atoms with van der Waals surface area (Å²) in [5.74, 6) is 0. The summed E-state index contributed by atoms with van der Waals surface area (Å²) in [6.45, 7) is 3.89. The molecule has 0 saturated carbocycles. The minimum absolute atomic E-state index is 0.128. The lowest BCUT2D eigenvalue weighted by Crippen LogP contribution is -2.38. The molecular weight excluding hydrogens is 284 g/mol. The minimum atomic E-state index is -0.754. The number of aliphatic hydroxyl groups is 1. The Balaban J connectivity index is 1.75. The highest BCUT2D eigenvalue weighted by molar-refractivity contribution is 5.43. The predicted molar refractivity (Wildman–Crippen MR) is 79.5 cm³/mol. The number of aryl methyl sites for hydroxylation is 1. The van der Waals surface area contributed by atoms with Gasteiger partial charge in [0, 0.05) is 31.9 Å². The number of H-pyrrole nitrogens is 1. The average Bonchev–Trinajstić information content (AvgIpc) is 3.11. The number of nitrogens with one attached hydrogen (secondary N) is 1. The van der Waals surface area contributed by atoms with Crippen molar-refractivity contribution in [2.75, 3.05) is 13.2 Å². The van der Waals surface area contributed by atoms with Crippen molar-refractivity contribution in [1.82, 2.24) is 19.5 Å². The molecule has 2 aliphatic heterocycles. The Labute approximate surface area is 127 Å². The molecule has 7 nitrogen and oxygen atoms in total. The van der Waals surface area contributed by atoms with E-state index in [4.69, 9.17) is 4.74 Å². The zero-order valence-corrected chi connectivity index (χ0v) is 12.6. The number of ether oxygens (including phenoxy) is 1. The van der Waals surface area contributed by atoms with Crippen LogP contribution >= 0.6 is 0 Å². The van der Waals surface area contributed by atoms with E-state index in [0.29, 0.717) is 36.7 Å². The van der Waals surface area contributed by atoms with Crippen LogP contribution in [0.25, 0.3) is 5.65 Å². The number of fused-ring (bicyclic) bond motifs is 2. The van der Waals surface area contributed by atoms with Gasteiger partial charge in [0.2, 0.25) is 0 Å². The summed E-state index contributed by atoms with van der Waals surface area (Å²) in [6, 6.07) is 2.12. The molecule has 2 aliphatic rings. The number of aliphatic hydroxyl groups excluding tert-OH is 1. The third-order valence-electron chi connectivity index (χ3n) is 4.73. The van der Waals surface area contributed by atoms with Crippen LogP contribution in [-0.4, -0.2) is 43.9 Å². The molecule has 4 heterocycles. The fraction of sp³-hybridized carbons (Fsp3) is 0.600. The van der Waals surface area contributed by atoms with E-state index in [-0.39, 0.29) is 11.6 Å². The van der Waals surface area contributed by atoms with Gasteiger partial charge < -0.3 is 14.8 Å². The van der Waals surface area contributed by atoms with Gasteiger partial charge in [0.15, 0.2) is 0 Å². The van der Waals surface area contributed by atoms with Crippen molar-refractivity contribution in [3.63, 3.8) is 0 Å². The van der Waals surface area contributed by atoms with E-state index in [0.717, 1.165) is 25.0 Å². The first kappa shape index (κ1) is 13.9. The van der Waals surface area contributed by atoms with Crippen molar-refractivity contribution in [2.24, 2.45) is 0 Å². The Morgan fingerprint density at radius 2 is 2.23 bits per heavy atom. The number of hydrogen-bond acceptors (Lipinski definition) is 5. The summed E-state index contributed by atoms with van der Waals surface area (Å²) in [6.07, 6.45) is 1.79. The highest BCUT2D eigenvalue weighted by Gasteiger charge is 2.37. The predicted octanol–water partition coefficient (Wildman–Crippen LogP) is 0.570. The number of hydrogen-bond donors (Lipinski definition) is 2. The molecule has 1 atom stereocenters. The standard InChI is InChI=1S/C15H20N4O3/c1-2-9-7-12-16-13-11(14(20)19(12)17-9)8-18(15(13)21)10-3-5-22-6-4-10/h7,10,15-16,21H,2-6,8H2,1H3. The van der Waals surface area contributed by atoms with Crippen LogP contribution in [0.1, 0.15) is 42.9 Å². The molecule has 1 fully saturated rings. The SMILES string of the molecule is CCc1cc2[nH]c3c(c(=O)n2n1)CN(C1CCOCC1)C3O. The Morgan fingerprint density at radius 1 is 1.45 bits per heavy atom. The molecule has 2 aromatic heterocycles. The molecule has 1 unspecified atom stereocenters. The highest BCUT2D eigenvalue weighted by atomic mass is 16.5.